The van der Waals surface area contributed by atoms with Crippen molar-refractivity contribution in [1.82, 2.24) is 8.87 Å². The highest BCUT2D eigenvalue weighted by molar-refractivity contribution is 7.97. The van der Waals surface area contributed by atoms with Crippen LogP contribution >= 0.6 is 29.2 Å². The van der Waals surface area contributed by atoms with Gasteiger partial charge in [-0.05, 0) is 48.3 Å². The van der Waals surface area contributed by atoms with Gasteiger partial charge >= 0.3 is 17.2 Å². The Bertz CT molecular complexity index is 1100. The third kappa shape index (κ3) is 6.34. The Labute approximate surface area is 184 Å². The van der Waals surface area contributed by atoms with Gasteiger partial charge in [0.1, 0.15) is 0 Å². The maximum Gasteiger partial charge on any atom is 0.327 e. The second-order valence-corrected chi connectivity index (χ2v) is 9.23. The molecule has 0 aliphatic rings. The minimum absolute atomic E-state index is 0.0535. The summed E-state index contributed by atoms with van der Waals surface area (Å²) in [6.07, 6.45) is 0. The first kappa shape index (κ1) is 24.3. The molecule has 6 N–H and O–H groups in total. The Morgan fingerprint density at radius 3 is 2.10 bits per heavy atom. The normalized spacial score (nSPS) is 12.1. The first-order chi connectivity index (χ1) is 14.8. The predicted molar refractivity (Wildman–Crippen MR) is 123 cm³/mol. The Morgan fingerprint density at radius 2 is 1.52 bits per heavy atom. The lowest BCUT2D eigenvalue weighted by Gasteiger charge is -2.21. The fraction of sp³-hybridized carbons (Fsp3) is 0.278. The topological polar surface area (TPSA) is 151 Å². The van der Waals surface area contributed by atoms with Crippen LogP contribution in [0.15, 0.2) is 46.1 Å². The lowest BCUT2D eigenvalue weighted by molar-refractivity contribution is 0.212. The van der Waals surface area contributed by atoms with Gasteiger partial charge in [0, 0.05) is 41.5 Å². The molecule has 0 atom stereocenters. The molecule has 31 heavy (non-hydrogen) atoms. The van der Waals surface area contributed by atoms with Gasteiger partial charge in [-0.25, -0.2) is 4.31 Å². The van der Waals surface area contributed by atoms with Crippen molar-refractivity contribution in [3.63, 3.8) is 0 Å². The molecule has 1 heterocycles. The largest absolute Gasteiger partial charge is 0.399 e. The zero-order valence-electron chi connectivity index (χ0n) is 16.6. The molecule has 3 aromatic rings. The van der Waals surface area contributed by atoms with Gasteiger partial charge in [0.25, 0.3) is 0 Å². The molecule has 0 saturated heterocycles. The van der Waals surface area contributed by atoms with Gasteiger partial charge in [-0.2, -0.15) is 0 Å². The number of benzene rings is 2. The standard InChI is InChI=1S/C18H23N3O7P2S/c1-20-16-4-2-12(19)10-14(16)18(22)15-11-13(3-5-17(15)20)31-21(6-8-27-29(23)24)7-9-28-30(25)26/h2-5,10-11,23-26H,6-9,19H2,1H3. The Kier molecular flexibility index (Phi) is 8.60. The predicted octanol–water partition coefficient (Wildman–Crippen LogP) is 2.04. The van der Waals surface area contributed by atoms with E-state index in [9.17, 15) is 4.79 Å². The number of hydrogen-bond acceptors (Lipinski definition) is 10. The average molecular weight is 487 g/mol. The third-order valence-electron chi connectivity index (χ3n) is 4.53. The highest BCUT2D eigenvalue weighted by atomic mass is 32.2. The lowest BCUT2D eigenvalue weighted by atomic mass is 10.1. The van der Waals surface area contributed by atoms with Gasteiger partial charge in [-0.3, -0.25) is 4.79 Å². The SMILES string of the molecule is Cn1c2ccc(N)cc2c(=O)c2cc(SN(CCOP(O)O)CCOP(O)O)ccc21. The van der Waals surface area contributed by atoms with Crippen LogP contribution in [0.25, 0.3) is 21.8 Å². The third-order valence-corrected chi connectivity index (χ3v) is 6.45. The number of fused-ring (bicyclic) bond motifs is 2. The van der Waals surface area contributed by atoms with E-state index in [-0.39, 0.29) is 18.6 Å². The summed E-state index contributed by atoms with van der Waals surface area (Å²) in [6.45, 7) is 0.732. The first-order valence-electron chi connectivity index (χ1n) is 9.12. The second kappa shape index (κ2) is 11.0. The average Bonchev–Trinajstić information content (AvgIpc) is 2.71. The van der Waals surface area contributed by atoms with E-state index in [0.29, 0.717) is 29.5 Å². The summed E-state index contributed by atoms with van der Waals surface area (Å²) in [4.78, 5) is 49.6. The molecular formula is C18H23N3O7P2S. The summed E-state index contributed by atoms with van der Waals surface area (Å²) in [5.41, 5.74) is 7.83. The van der Waals surface area contributed by atoms with Gasteiger partial charge in [0.15, 0.2) is 5.43 Å². The Balaban J connectivity index is 1.89. The van der Waals surface area contributed by atoms with E-state index in [1.54, 1.807) is 18.2 Å². The van der Waals surface area contributed by atoms with Gasteiger partial charge in [-0.1, -0.05) is 0 Å². The molecule has 0 spiro atoms. The van der Waals surface area contributed by atoms with E-state index < -0.39 is 17.2 Å². The van der Waals surface area contributed by atoms with E-state index in [4.69, 9.17) is 34.4 Å². The van der Waals surface area contributed by atoms with Crippen molar-refractivity contribution in [1.29, 1.82) is 0 Å². The number of nitrogen functional groups attached to an aromatic ring is 1. The molecule has 0 unspecified atom stereocenters. The zero-order chi connectivity index (χ0) is 22.5. The number of hydrogen-bond donors (Lipinski definition) is 5. The molecule has 0 radical (unpaired) electrons. The highest BCUT2D eigenvalue weighted by Crippen LogP contribution is 2.30. The van der Waals surface area contributed by atoms with Gasteiger partial charge in [0.2, 0.25) is 0 Å². The van der Waals surface area contributed by atoms with Crippen molar-refractivity contribution < 1.29 is 28.6 Å². The molecular weight excluding hydrogens is 464 g/mol. The second-order valence-electron chi connectivity index (χ2n) is 6.54. The van der Waals surface area contributed by atoms with E-state index in [1.165, 1.54) is 11.9 Å². The zero-order valence-corrected chi connectivity index (χ0v) is 19.2. The molecule has 168 valence electrons. The molecule has 0 aliphatic heterocycles. The number of aromatic nitrogens is 1. The van der Waals surface area contributed by atoms with Crippen LogP contribution in [0.1, 0.15) is 0 Å². The number of nitrogens with zero attached hydrogens (tertiary/aromatic N) is 2. The van der Waals surface area contributed by atoms with Gasteiger partial charge in [0.05, 0.1) is 24.2 Å². The molecule has 3 rings (SSSR count). The monoisotopic (exact) mass is 487 g/mol. The molecule has 0 saturated carbocycles. The van der Waals surface area contributed by atoms with Crippen LogP contribution in [0.4, 0.5) is 5.69 Å². The molecule has 0 aliphatic carbocycles. The van der Waals surface area contributed by atoms with Crippen LogP contribution in [-0.4, -0.2) is 54.7 Å². The summed E-state index contributed by atoms with van der Waals surface area (Å²) in [6, 6.07) is 10.8. The minimum Gasteiger partial charge on any atom is -0.399 e. The minimum atomic E-state index is -2.46. The van der Waals surface area contributed by atoms with Crippen LogP contribution in [0, 0.1) is 0 Å². The maximum absolute atomic E-state index is 13.1. The summed E-state index contributed by atoms with van der Waals surface area (Å²) < 4.78 is 13.4. The molecule has 0 fully saturated rings. The summed E-state index contributed by atoms with van der Waals surface area (Å²) in [7, 11) is -3.04. The number of rotatable bonds is 10. The van der Waals surface area contributed by atoms with Crippen molar-refractivity contribution in [2.75, 3.05) is 32.0 Å². The Hall–Kier alpha value is -1.36. The van der Waals surface area contributed by atoms with Crippen LogP contribution in [0.2, 0.25) is 0 Å². The fourth-order valence-electron chi connectivity index (χ4n) is 3.15. The summed E-state index contributed by atoms with van der Waals surface area (Å²) in [5, 5.41) is 1.08. The summed E-state index contributed by atoms with van der Waals surface area (Å²) in [5.74, 6) is 0. The van der Waals surface area contributed by atoms with Crippen molar-refractivity contribution in [2.24, 2.45) is 7.05 Å². The van der Waals surface area contributed by atoms with Crippen molar-refractivity contribution in [3.05, 3.63) is 46.6 Å². The molecule has 0 bridgehead atoms. The number of aryl methyl sites for hydroxylation is 1. The number of pyridine rings is 1. The van der Waals surface area contributed by atoms with Crippen molar-refractivity contribution in [3.8, 4) is 0 Å². The van der Waals surface area contributed by atoms with E-state index >= 15 is 0 Å². The van der Waals surface area contributed by atoms with E-state index in [2.05, 4.69) is 0 Å². The quantitative estimate of drug-likeness (QED) is 0.124. The van der Waals surface area contributed by atoms with Crippen LogP contribution < -0.4 is 11.2 Å². The van der Waals surface area contributed by atoms with Crippen LogP contribution in [-0.2, 0) is 16.1 Å². The van der Waals surface area contributed by atoms with Crippen LogP contribution in [0.3, 0.4) is 0 Å². The smallest absolute Gasteiger partial charge is 0.327 e. The number of nitrogens with two attached hydrogens (primary N) is 1. The molecule has 10 nitrogen and oxygen atoms in total. The van der Waals surface area contributed by atoms with E-state index in [0.717, 1.165) is 15.9 Å². The lowest BCUT2D eigenvalue weighted by Crippen LogP contribution is -2.24. The fourth-order valence-corrected chi connectivity index (χ4v) is 4.57. The van der Waals surface area contributed by atoms with Crippen molar-refractivity contribution >= 4 is 56.6 Å². The molecule has 0 amide bonds. The van der Waals surface area contributed by atoms with Gasteiger partial charge in [-0.15, -0.1) is 0 Å². The number of anilines is 1. The van der Waals surface area contributed by atoms with Crippen LogP contribution in [0.5, 0.6) is 0 Å². The van der Waals surface area contributed by atoms with E-state index in [1.807, 2.05) is 34.1 Å². The summed E-state index contributed by atoms with van der Waals surface area (Å²) >= 11 is 1.32. The Morgan fingerprint density at radius 1 is 0.968 bits per heavy atom. The van der Waals surface area contributed by atoms with Crippen molar-refractivity contribution in [2.45, 2.75) is 4.90 Å². The maximum atomic E-state index is 13.1. The first-order valence-corrected chi connectivity index (χ1v) is 12.2. The molecule has 13 heteroatoms. The van der Waals surface area contributed by atoms with Gasteiger partial charge < -0.3 is 38.9 Å². The molecule has 1 aromatic heterocycles. The highest BCUT2D eigenvalue weighted by Gasteiger charge is 2.14. The molecule has 2 aromatic carbocycles.